The van der Waals surface area contributed by atoms with Crippen molar-refractivity contribution in [2.75, 3.05) is 6.61 Å². The van der Waals surface area contributed by atoms with Gasteiger partial charge in [0.2, 0.25) is 0 Å². The number of carbonyl (C=O) groups excluding carboxylic acids is 2. The zero-order valence-corrected chi connectivity index (χ0v) is 17.2. The van der Waals surface area contributed by atoms with Crippen molar-refractivity contribution < 1.29 is 14.3 Å². The minimum absolute atomic E-state index is 0.283. The number of carbonyl (C=O) groups is 2. The van der Waals surface area contributed by atoms with Gasteiger partial charge in [-0.15, -0.1) is 0 Å². The number of nitrogens with zero attached hydrogens (tertiary/aromatic N) is 1. The minimum atomic E-state index is -0.378. The van der Waals surface area contributed by atoms with Crippen LogP contribution in [0, 0.1) is 0 Å². The van der Waals surface area contributed by atoms with E-state index in [2.05, 4.69) is 0 Å². The SMILES string of the molecule is CCOC(=O)c1c(-c2ccc(C=O)cc2)c2ccccc2n1Cc1ccc(Cl)cc1. The lowest BCUT2D eigenvalue weighted by Gasteiger charge is -2.12. The van der Waals surface area contributed by atoms with E-state index in [0.717, 1.165) is 33.9 Å². The van der Waals surface area contributed by atoms with Crippen molar-refractivity contribution in [1.82, 2.24) is 4.57 Å². The molecule has 4 aromatic rings. The molecular weight excluding hydrogens is 398 g/mol. The molecule has 4 nitrogen and oxygen atoms in total. The summed E-state index contributed by atoms with van der Waals surface area (Å²) in [5, 5.41) is 1.62. The van der Waals surface area contributed by atoms with Crippen molar-refractivity contribution in [2.45, 2.75) is 13.5 Å². The Morgan fingerprint density at radius 2 is 1.70 bits per heavy atom. The van der Waals surface area contributed by atoms with Gasteiger partial charge in [0.25, 0.3) is 0 Å². The van der Waals surface area contributed by atoms with Crippen molar-refractivity contribution in [2.24, 2.45) is 0 Å². The third-order valence-electron chi connectivity index (χ3n) is 5.03. The summed E-state index contributed by atoms with van der Waals surface area (Å²) in [5.74, 6) is -0.378. The van der Waals surface area contributed by atoms with Gasteiger partial charge in [-0.25, -0.2) is 4.79 Å². The zero-order chi connectivity index (χ0) is 21.1. The van der Waals surface area contributed by atoms with Gasteiger partial charge < -0.3 is 9.30 Å². The second-order valence-electron chi connectivity index (χ2n) is 6.91. The molecule has 0 fully saturated rings. The number of fused-ring (bicyclic) bond motifs is 1. The highest BCUT2D eigenvalue weighted by molar-refractivity contribution is 6.30. The molecule has 0 N–H and O–H groups in total. The molecule has 4 rings (SSSR count). The maximum absolute atomic E-state index is 13.1. The Bertz CT molecular complexity index is 1210. The van der Waals surface area contributed by atoms with Gasteiger partial charge in [-0.2, -0.15) is 0 Å². The first kappa shape index (κ1) is 19.9. The van der Waals surface area contributed by atoms with Gasteiger partial charge in [0.1, 0.15) is 12.0 Å². The summed E-state index contributed by atoms with van der Waals surface area (Å²) in [6.07, 6.45) is 0.805. The summed E-state index contributed by atoms with van der Waals surface area (Å²) in [5.41, 5.74) is 4.69. The molecule has 0 unspecified atom stereocenters. The monoisotopic (exact) mass is 417 g/mol. The maximum atomic E-state index is 13.1. The Balaban J connectivity index is 1.97. The van der Waals surface area contributed by atoms with E-state index in [1.807, 2.05) is 65.2 Å². The molecule has 0 spiro atoms. The smallest absolute Gasteiger partial charge is 0.355 e. The quantitative estimate of drug-likeness (QED) is 0.285. The number of esters is 1. The molecule has 0 aliphatic rings. The fourth-order valence-corrected chi connectivity index (χ4v) is 3.80. The fraction of sp³-hybridized carbons (Fsp3) is 0.120. The van der Waals surface area contributed by atoms with Gasteiger partial charge in [0, 0.05) is 33.6 Å². The van der Waals surface area contributed by atoms with Crippen LogP contribution >= 0.6 is 11.6 Å². The molecule has 150 valence electrons. The third-order valence-corrected chi connectivity index (χ3v) is 5.28. The molecule has 1 heterocycles. The fourth-order valence-electron chi connectivity index (χ4n) is 3.67. The van der Waals surface area contributed by atoms with Crippen LogP contribution in [0.5, 0.6) is 0 Å². The van der Waals surface area contributed by atoms with E-state index >= 15 is 0 Å². The molecule has 0 aliphatic carbocycles. The lowest BCUT2D eigenvalue weighted by molar-refractivity contribution is 0.0516. The molecule has 1 aromatic heterocycles. The Morgan fingerprint density at radius 3 is 2.37 bits per heavy atom. The Hall–Kier alpha value is -3.37. The summed E-state index contributed by atoms with van der Waals surface area (Å²) < 4.78 is 7.41. The predicted octanol–water partition coefficient (Wildman–Crippen LogP) is 6.00. The molecule has 0 atom stereocenters. The standard InChI is InChI=1S/C25H20ClNO3/c1-2-30-25(29)24-23(19-11-7-18(16-28)8-12-19)21-5-3-4-6-22(21)27(24)15-17-9-13-20(26)14-10-17/h3-14,16H,2,15H2,1H3. The van der Waals surface area contributed by atoms with Crippen LogP contribution in [0.15, 0.2) is 72.8 Å². The van der Waals surface area contributed by atoms with E-state index in [4.69, 9.17) is 16.3 Å². The number of rotatable bonds is 6. The van der Waals surface area contributed by atoms with Crippen molar-refractivity contribution in [1.29, 1.82) is 0 Å². The number of halogens is 1. The molecule has 0 saturated heterocycles. The highest BCUT2D eigenvalue weighted by atomic mass is 35.5. The maximum Gasteiger partial charge on any atom is 0.355 e. The van der Waals surface area contributed by atoms with E-state index in [1.54, 1.807) is 19.1 Å². The number of hydrogen-bond acceptors (Lipinski definition) is 3. The average Bonchev–Trinajstić information content (AvgIpc) is 3.10. The van der Waals surface area contributed by atoms with Crippen molar-refractivity contribution in [3.8, 4) is 11.1 Å². The summed E-state index contributed by atoms with van der Waals surface area (Å²) >= 11 is 6.04. The molecule has 0 radical (unpaired) electrons. The third kappa shape index (κ3) is 3.74. The number of aldehydes is 1. The van der Waals surface area contributed by atoms with Crippen LogP contribution in [0.4, 0.5) is 0 Å². The molecule has 3 aromatic carbocycles. The molecule has 5 heteroatoms. The normalized spacial score (nSPS) is 10.9. The summed E-state index contributed by atoms with van der Waals surface area (Å²) in [7, 11) is 0. The number of benzene rings is 3. The lowest BCUT2D eigenvalue weighted by atomic mass is 10.0. The number of ether oxygens (including phenoxy) is 1. The van der Waals surface area contributed by atoms with E-state index in [9.17, 15) is 9.59 Å². The van der Waals surface area contributed by atoms with Gasteiger partial charge in [-0.05, 0) is 36.2 Å². The van der Waals surface area contributed by atoms with Crippen molar-refractivity contribution in [3.05, 3.63) is 94.6 Å². The second kappa shape index (κ2) is 8.56. The minimum Gasteiger partial charge on any atom is -0.461 e. The highest BCUT2D eigenvalue weighted by Crippen LogP contribution is 2.36. The summed E-state index contributed by atoms with van der Waals surface area (Å²) in [6.45, 7) is 2.58. The van der Waals surface area contributed by atoms with Gasteiger partial charge in [-0.1, -0.05) is 66.2 Å². The first-order valence-electron chi connectivity index (χ1n) is 9.70. The molecule has 0 saturated carbocycles. The van der Waals surface area contributed by atoms with Crippen LogP contribution in [0.1, 0.15) is 33.3 Å². The number of hydrogen-bond donors (Lipinski definition) is 0. The Labute approximate surface area is 179 Å². The first-order chi connectivity index (χ1) is 14.6. The van der Waals surface area contributed by atoms with E-state index in [-0.39, 0.29) is 12.6 Å². The zero-order valence-electron chi connectivity index (χ0n) is 16.5. The number of aromatic nitrogens is 1. The van der Waals surface area contributed by atoms with Crippen LogP contribution in [0.25, 0.3) is 22.0 Å². The van der Waals surface area contributed by atoms with Gasteiger partial charge >= 0.3 is 5.97 Å². The highest BCUT2D eigenvalue weighted by Gasteiger charge is 2.25. The molecule has 30 heavy (non-hydrogen) atoms. The van der Waals surface area contributed by atoms with E-state index < -0.39 is 0 Å². The van der Waals surface area contributed by atoms with Gasteiger partial charge in [0.05, 0.1) is 6.61 Å². The van der Waals surface area contributed by atoms with Crippen LogP contribution in [0.2, 0.25) is 5.02 Å². The average molecular weight is 418 g/mol. The topological polar surface area (TPSA) is 48.3 Å². The number of para-hydroxylation sites is 1. The molecular formula is C25H20ClNO3. The molecule has 0 bridgehead atoms. The Kier molecular flexibility index (Phi) is 5.68. The summed E-state index contributed by atoms with van der Waals surface area (Å²) in [4.78, 5) is 24.1. The van der Waals surface area contributed by atoms with Crippen LogP contribution < -0.4 is 0 Å². The largest absolute Gasteiger partial charge is 0.461 e. The van der Waals surface area contributed by atoms with Crippen LogP contribution in [0.3, 0.4) is 0 Å². The molecule has 0 aliphatic heterocycles. The lowest BCUT2D eigenvalue weighted by Crippen LogP contribution is -2.14. The van der Waals surface area contributed by atoms with Crippen molar-refractivity contribution in [3.63, 3.8) is 0 Å². The van der Waals surface area contributed by atoms with Gasteiger partial charge in [0.15, 0.2) is 0 Å². The van der Waals surface area contributed by atoms with Crippen LogP contribution in [-0.2, 0) is 11.3 Å². The summed E-state index contributed by atoms with van der Waals surface area (Å²) in [6, 6.07) is 22.7. The first-order valence-corrected chi connectivity index (χ1v) is 10.1. The van der Waals surface area contributed by atoms with Crippen molar-refractivity contribution >= 4 is 34.8 Å². The van der Waals surface area contributed by atoms with Gasteiger partial charge in [-0.3, -0.25) is 4.79 Å². The second-order valence-corrected chi connectivity index (χ2v) is 7.35. The van der Waals surface area contributed by atoms with Crippen LogP contribution in [-0.4, -0.2) is 23.4 Å². The Morgan fingerprint density at radius 1 is 1.00 bits per heavy atom. The van der Waals surface area contributed by atoms with E-state index in [0.29, 0.717) is 22.8 Å². The molecule has 0 amide bonds. The predicted molar refractivity (Wildman–Crippen MR) is 119 cm³/mol. The van der Waals surface area contributed by atoms with E-state index in [1.165, 1.54) is 0 Å².